The van der Waals surface area contributed by atoms with Gasteiger partial charge >= 0.3 is 0 Å². The van der Waals surface area contributed by atoms with E-state index < -0.39 is 11.7 Å². The van der Waals surface area contributed by atoms with Crippen LogP contribution in [0, 0.1) is 5.82 Å². The Morgan fingerprint density at radius 1 is 1.32 bits per heavy atom. The minimum Gasteiger partial charge on any atom is -0.492 e. The Hall–Kier alpha value is -3.13. The molecule has 3 N–H and O–H groups in total. The monoisotopic (exact) mass is 361 g/mol. The van der Waals surface area contributed by atoms with E-state index in [0.717, 1.165) is 0 Å². The second-order valence-electron chi connectivity index (χ2n) is 4.96. The molecule has 0 aliphatic carbocycles. The zero-order valence-electron chi connectivity index (χ0n) is 13.0. The van der Waals surface area contributed by atoms with Crippen molar-refractivity contribution in [2.75, 3.05) is 18.2 Å². The number of hydrogen-bond donors (Lipinski definition) is 2. The van der Waals surface area contributed by atoms with Crippen LogP contribution in [0.5, 0.6) is 5.75 Å². The maximum atomic E-state index is 13.8. The van der Waals surface area contributed by atoms with Gasteiger partial charge in [-0.1, -0.05) is 17.7 Å². The van der Waals surface area contributed by atoms with E-state index in [1.807, 2.05) is 0 Å². The summed E-state index contributed by atoms with van der Waals surface area (Å²) in [5, 5.41) is 7.09. The van der Waals surface area contributed by atoms with Gasteiger partial charge in [0.1, 0.15) is 22.9 Å². The fourth-order valence-corrected chi connectivity index (χ4v) is 2.34. The quantitative estimate of drug-likeness (QED) is 0.745. The molecule has 0 spiro atoms. The third-order valence-corrected chi connectivity index (χ3v) is 3.62. The van der Waals surface area contributed by atoms with Gasteiger partial charge in [0.15, 0.2) is 11.6 Å². The van der Waals surface area contributed by atoms with Gasteiger partial charge < -0.3 is 15.8 Å². The topological polar surface area (TPSA) is 95.1 Å². The van der Waals surface area contributed by atoms with Crippen LogP contribution in [0.15, 0.2) is 42.7 Å². The highest BCUT2D eigenvalue weighted by Gasteiger charge is 2.20. The van der Waals surface area contributed by atoms with Crippen molar-refractivity contribution in [2.24, 2.45) is 0 Å². The van der Waals surface area contributed by atoms with E-state index >= 15 is 0 Å². The Bertz CT molecular complexity index is 927. The Morgan fingerprint density at radius 2 is 2.12 bits per heavy atom. The number of nitrogen functional groups attached to an aromatic ring is 1. The van der Waals surface area contributed by atoms with Crippen molar-refractivity contribution in [3.63, 3.8) is 0 Å². The molecule has 0 bridgehead atoms. The van der Waals surface area contributed by atoms with Gasteiger partial charge in [0.05, 0.1) is 18.3 Å². The average molecular weight is 362 g/mol. The highest BCUT2D eigenvalue weighted by atomic mass is 35.5. The first kappa shape index (κ1) is 16.7. The van der Waals surface area contributed by atoms with Crippen LogP contribution in [0.25, 0.3) is 5.69 Å². The van der Waals surface area contributed by atoms with Gasteiger partial charge in [0, 0.05) is 6.20 Å². The summed E-state index contributed by atoms with van der Waals surface area (Å²) < 4.78 is 20.1. The molecular weight excluding hydrogens is 349 g/mol. The molecule has 0 atom stereocenters. The minimum atomic E-state index is -0.564. The third kappa shape index (κ3) is 3.24. The van der Waals surface area contributed by atoms with Crippen LogP contribution in [0.4, 0.5) is 16.0 Å². The van der Waals surface area contributed by atoms with Crippen LogP contribution in [0.1, 0.15) is 10.4 Å². The first-order valence-electron chi connectivity index (χ1n) is 7.10. The van der Waals surface area contributed by atoms with E-state index in [0.29, 0.717) is 10.8 Å². The SMILES string of the molecule is COc1c(F)cccc1-n1ncc(C(=O)Nc2ccc(Cl)cn2)c1N. The lowest BCUT2D eigenvalue weighted by Crippen LogP contribution is -2.15. The predicted molar refractivity (Wildman–Crippen MR) is 91.7 cm³/mol. The molecule has 0 unspecified atom stereocenters. The Kier molecular flexibility index (Phi) is 4.53. The fraction of sp³-hybridized carbons (Fsp3) is 0.0625. The zero-order valence-corrected chi connectivity index (χ0v) is 13.8. The number of carbonyl (C=O) groups is 1. The zero-order chi connectivity index (χ0) is 18.0. The predicted octanol–water partition coefficient (Wildman–Crippen LogP) is 2.90. The lowest BCUT2D eigenvalue weighted by atomic mass is 10.2. The molecule has 1 amide bonds. The number of halogens is 2. The molecule has 3 aromatic rings. The number of anilines is 2. The molecule has 0 radical (unpaired) electrons. The Morgan fingerprint density at radius 3 is 2.80 bits per heavy atom. The van der Waals surface area contributed by atoms with Crippen molar-refractivity contribution >= 4 is 29.1 Å². The minimum absolute atomic E-state index is 0.0244. The molecular formula is C16H13ClFN5O2. The number of rotatable bonds is 4. The third-order valence-electron chi connectivity index (χ3n) is 3.40. The molecule has 2 aromatic heterocycles. The molecule has 128 valence electrons. The van der Waals surface area contributed by atoms with Crippen molar-refractivity contribution in [1.82, 2.24) is 14.8 Å². The first-order valence-corrected chi connectivity index (χ1v) is 7.48. The number of pyridine rings is 1. The first-order chi connectivity index (χ1) is 12.0. The largest absolute Gasteiger partial charge is 0.492 e. The smallest absolute Gasteiger partial charge is 0.262 e. The van der Waals surface area contributed by atoms with E-state index in [-0.39, 0.29) is 22.8 Å². The van der Waals surface area contributed by atoms with E-state index in [9.17, 15) is 9.18 Å². The summed E-state index contributed by atoms with van der Waals surface area (Å²) in [7, 11) is 1.33. The number of nitrogens with one attached hydrogen (secondary N) is 1. The van der Waals surface area contributed by atoms with Crippen molar-refractivity contribution in [3.8, 4) is 11.4 Å². The number of ether oxygens (including phenoxy) is 1. The normalized spacial score (nSPS) is 10.5. The molecule has 1 aromatic carbocycles. The average Bonchev–Trinajstić information content (AvgIpc) is 2.98. The van der Waals surface area contributed by atoms with Crippen LogP contribution in [0.2, 0.25) is 5.02 Å². The number of benzene rings is 1. The Balaban J connectivity index is 1.92. The van der Waals surface area contributed by atoms with Crippen molar-refractivity contribution < 1.29 is 13.9 Å². The molecule has 0 aliphatic heterocycles. The number of carbonyl (C=O) groups excluding carboxylic acids is 1. The van der Waals surface area contributed by atoms with E-state index in [1.54, 1.807) is 18.2 Å². The van der Waals surface area contributed by atoms with Crippen molar-refractivity contribution in [1.29, 1.82) is 0 Å². The summed E-state index contributed by atoms with van der Waals surface area (Å²) in [6.07, 6.45) is 2.69. The van der Waals surface area contributed by atoms with Gasteiger partial charge in [0.25, 0.3) is 5.91 Å². The fourth-order valence-electron chi connectivity index (χ4n) is 2.22. The number of hydrogen-bond acceptors (Lipinski definition) is 5. The second-order valence-corrected chi connectivity index (χ2v) is 5.40. The second kappa shape index (κ2) is 6.78. The van der Waals surface area contributed by atoms with Gasteiger partial charge in [0.2, 0.25) is 0 Å². The maximum absolute atomic E-state index is 13.8. The van der Waals surface area contributed by atoms with Crippen molar-refractivity contribution in [2.45, 2.75) is 0 Å². The van der Waals surface area contributed by atoms with Crippen LogP contribution in [0.3, 0.4) is 0 Å². The molecule has 25 heavy (non-hydrogen) atoms. The van der Waals surface area contributed by atoms with Crippen LogP contribution < -0.4 is 15.8 Å². The molecule has 0 aliphatic rings. The van der Waals surface area contributed by atoms with Gasteiger partial charge in [-0.3, -0.25) is 4.79 Å². The molecule has 0 saturated carbocycles. The summed E-state index contributed by atoms with van der Waals surface area (Å²) in [6.45, 7) is 0. The van der Waals surface area contributed by atoms with Gasteiger partial charge in [-0.05, 0) is 24.3 Å². The summed E-state index contributed by atoms with van der Waals surface area (Å²) >= 11 is 5.75. The van der Waals surface area contributed by atoms with E-state index in [1.165, 1.54) is 36.3 Å². The van der Waals surface area contributed by atoms with Gasteiger partial charge in [-0.15, -0.1) is 0 Å². The number of nitrogens with zero attached hydrogens (tertiary/aromatic N) is 3. The lowest BCUT2D eigenvalue weighted by molar-refractivity contribution is 0.102. The molecule has 0 saturated heterocycles. The number of aromatic nitrogens is 3. The summed E-state index contributed by atoms with van der Waals surface area (Å²) in [5.74, 6) is -0.746. The number of methoxy groups -OCH3 is 1. The summed E-state index contributed by atoms with van der Waals surface area (Å²) in [5.41, 5.74) is 6.40. The van der Waals surface area contributed by atoms with Crippen LogP contribution in [-0.4, -0.2) is 27.8 Å². The molecule has 7 nitrogen and oxygen atoms in total. The highest BCUT2D eigenvalue weighted by Crippen LogP contribution is 2.28. The van der Waals surface area contributed by atoms with Gasteiger partial charge in [-0.25, -0.2) is 14.1 Å². The molecule has 9 heteroatoms. The van der Waals surface area contributed by atoms with Crippen LogP contribution in [-0.2, 0) is 0 Å². The highest BCUT2D eigenvalue weighted by molar-refractivity contribution is 6.30. The summed E-state index contributed by atoms with van der Waals surface area (Å²) in [6, 6.07) is 7.46. The van der Waals surface area contributed by atoms with Crippen LogP contribution >= 0.6 is 11.6 Å². The standard InChI is InChI=1S/C16H13ClFN5O2/c1-25-14-11(18)3-2-4-12(14)23-15(19)10(8-21-23)16(24)22-13-6-5-9(17)7-20-13/h2-8H,19H2,1H3,(H,20,22,24). The number of nitrogens with two attached hydrogens (primary N) is 1. The molecule has 0 fully saturated rings. The van der Waals surface area contributed by atoms with Crippen molar-refractivity contribution in [3.05, 3.63) is 59.1 Å². The number of amides is 1. The lowest BCUT2D eigenvalue weighted by Gasteiger charge is -2.11. The molecule has 2 heterocycles. The van der Waals surface area contributed by atoms with E-state index in [4.69, 9.17) is 22.1 Å². The number of para-hydroxylation sites is 1. The maximum Gasteiger partial charge on any atom is 0.262 e. The van der Waals surface area contributed by atoms with E-state index in [2.05, 4.69) is 15.4 Å². The van der Waals surface area contributed by atoms with Gasteiger partial charge in [-0.2, -0.15) is 5.10 Å². The Labute approximate surface area is 147 Å². The summed E-state index contributed by atoms with van der Waals surface area (Å²) in [4.78, 5) is 16.3. The molecule has 3 rings (SSSR count).